The highest BCUT2D eigenvalue weighted by atomic mass is 35.5. The minimum absolute atomic E-state index is 0.167. The molecule has 0 radical (unpaired) electrons. The average molecular weight is 332 g/mol. The molecule has 0 aliphatic rings. The van der Waals surface area contributed by atoms with Crippen LogP contribution in [0, 0.1) is 0 Å². The first-order valence-electron chi connectivity index (χ1n) is 5.88. The summed E-state index contributed by atoms with van der Waals surface area (Å²) < 4.78 is 26.8. The molecule has 2 aromatic rings. The van der Waals surface area contributed by atoms with E-state index in [9.17, 15) is 8.42 Å². The van der Waals surface area contributed by atoms with Crippen molar-refractivity contribution in [2.75, 3.05) is 6.54 Å². The summed E-state index contributed by atoms with van der Waals surface area (Å²) in [5.41, 5.74) is 8.72. The first kappa shape index (κ1) is 15.4. The molecule has 1 heterocycles. The van der Waals surface area contributed by atoms with E-state index in [0.29, 0.717) is 23.6 Å². The van der Waals surface area contributed by atoms with Crippen LogP contribution < -0.4 is 10.5 Å². The molecule has 5 nitrogen and oxygen atoms in total. The molecule has 0 saturated carbocycles. The summed E-state index contributed by atoms with van der Waals surface area (Å²) in [6.07, 6.45) is 0.556. The van der Waals surface area contributed by atoms with E-state index in [-0.39, 0.29) is 11.4 Å². The average Bonchev–Trinajstić information content (AvgIpc) is 2.92. The van der Waals surface area contributed by atoms with Gasteiger partial charge in [0.2, 0.25) is 10.0 Å². The maximum absolute atomic E-state index is 12.1. The zero-order valence-corrected chi connectivity index (χ0v) is 12.9. The van der Waals surface area contributed by atoms with E-state index in [1.54, 1.807) is 11.6 Å². The van der Waals surface area contributed by atoms with Gasteiger partial charge in [0.05, 0.1) is 16.1 Å². The van der Waals surface area contributed by atoms with E-state index in [1.165, 1.54) is 23.5 Å². The van der Waals surface area contributed by atoms with Gasteiger partial charge in [-0.3, -0.25) is 0 Å². The van der Waals surface area contributed by atoms with E-state index >= 15 is 0 Å². The molecule has 20 heavy (non-hydrogen) atoms. The van der Waals surface area contributed by atoms with Crippen LogP contribution in [-0.2, 0) is 23.0 Å². The molecule has 0 amide bonds. The van der Waals surface area contributed by atoms with Gasteiger partial charge in [0.25, 0.3) is 0 Å². The van der Waals surface area contributed by atoms with Crippen molar-refractivity contribution in [2.45, 2.75) is 17.9 Å². The fraction of sp³-hybridized carbons (Fsp3) is 0.250. The fourth-order valence-corrected chi connectivity index (χ4v) is 3.50. The highest BCUT2D eigenvalue weighted by Crippen LogP contribution is 2.19. The van der Waals surface area contributed by atoms with Crippen molar-refractivity contribution in [3.63, 3.8) is 0 Å². The lowest BCUT2D eigenvalue weighted by molar-refractivity contribution is 0.581. The van der Waals surface area contributed by atoms with Crippen LogP contribution in [0.25, 0.3) is 0 Å². The van der Waals surface area contributed by atoms with E-state index in [0.717, 1.165) is 5.69 Å². The lowest BCUT2D eigenvalue weighted by Gasteiger charge is -2.08. The molecule has 2 rings (SSSR count). The smallest absolute Gasteiger partial charge is 0.240 e. The molecule has 0 fully saturated rings. The number of aromatic nitrogens is 1. The standard InChI is InChI=1S/C12H14ClN3O2S2/c13-12-2-1-11(5-9(12)6-14)20(17,18)16-4-3-10-7-19-8-15-10/h1-2,5,7-8,16H,3-4,6,14H2. The Balaban J connectivity index is 2.06. The van der Waals surface area contributed by atoms with Gasteiger partial charge in [-0.05, 0) is 23.8 Å². The SMILES string of the molecule is NCc1cc(S(=O)(=O)NCCc2cscn2)ccc1Cl. The molecule has 0 bridgehead atoms. The summed E-state index contributed by atoms with van der Waals surface area (Å²) in [6.45, 7) is 0.494. The zero-order chi connectivity index (χ0) is 14.6. The lowest BCUT2D eigenvalue weighted by atomic mass is 10.2. The largest absolute Gasteiger partial charge is 0.326 e. The Bertz CT molecular complexity index is 672. The number of nitrogens with two attached hydrogens (primary N) is 1. The van der Waals surface area contributed by atoms with Crippen molar-refractivity contribution in [3.05, 3.63) is 45.4 Å². The van der Waals surface area contributed by atoms with E-state index in [1.807, 2.05) is 5.38 Å². The van der Waals surface area contributed by atoms with Gasteiger partial charge in [0.15, 0.2) is 0 Å². The summed E-state index contributed by atoms with van der Waals surface area (Å²) in [5, 5.41) is 2.36. The highest BCUT2D eigenvalue weighted by Gasteiger charge is 2.15. The van der Waals surface area contributed by atoms with Gasteiger partial charge in [0, 0.05) is 29.9 Å². The molecule has 1 aromatic heterocycles. The summed E-state index contributed by atoms with van der Waals surface area (Å²) in [5.74, 6) is 0. The Kier molecular flexibility index (Phi) is 5.11. The van der Waals surface area contributed by atoms with Crippen LogP contribution in [0.4, 0.5) is 0 Å². The van der Waals surface area contributed by atoms with Crippen molar-refractivity contribution in [2.24, 2.45) is 5.73 Å². The molecule has 8 heteroatoms. The number of nitrogens with zero attached hydrogens (tertiary/aromatic N) is 1. The summed E-state index contributed by atoms with van der Waals surface area (Å²) in [7, 11) is -3.55. The second-order valence-corrected chi connectivity index (χ2v) is 6.98. The maximum atomic E-state index is 12.1. The van der Waals surface area contributed by atoms with Crippen molar-refractivity contribution in [1.29, 1.82) is 0 Å². The number of rotatable bonds is 6. The van der Waals surface area contributed by atoms with Crippen LogP contribution >= 0.6 is 22.9 Å². The summed E-state index contributed by atoms with van der Waals surface area (Å²) in [6, 6.07) is 4.50. The summed E-state index contributed by atoms with van der Waals surface area (Å²) >= 11 is 7.40. The minimum Gasteiger partial charge on any atom is -0.326 e. The molecule has 0 spiro atoms. The Morgan fingerprint density at radius 3 is 2.85 bits per heavy atom. The van der Waals surface area contributed by atoms with Gasteiger partial charge in [-0.25, -0.2) is 18.1 Å². The number of hydrogen-bond acceptors (Lipinski definition) is 5. The van der Waals surface area contributed by atoms with Crippen LogP contribution in [0.15, 0.2) is 34.0 Å². The van der Waals surface area contributed by atoms with Gasteiger partial charge in [-0.1, -0.05) is 11.6 Å². The second kappa shape index (κ2) is 6.64. The molecule has 3 N–H and O–H groups in total. The van der Waals surface area contributed by atoms with Crippen molar-refractivity contribution in [1.82, 2.24) is 9.71 Å². The van der Waals surface area contributed by atoms with Gasteiger partial charge >= 0.3 is 0 Å². The third-order valence-corrected chi connectivity index (χ3v) is 5.17. The molecule has 1 aromatic carbocycles. The normalized spacial score (nSPS) is 11.7. The molecule has 0 unspecified atom stereocenters. The minimum atomic E-state index is -3.55. The van der Waals surface area contributed by atoms with Crippen LogP contribution in [0.3, 0.4) is 0 Å². The topological polar surface area (TPSA) is 85.1 Å². The summed E-state index contributed by atoms with van der Waals surface area (Å²) in [4.78, 5) is 4.26. The predicted octanol–water partition coefficient (Wildman–Crippen LogP) is 1.78. The molecule has 0 aliphatic carbocycles. The number of sulfonamides is 1. The van der Waals surface area contributed by atoms with E-state index in [4.69, 9.17) is 17.3 Å². The molecular weight excluding hydrogens is 318 g/mol. The van der Waals surface area contributed by atoms with Crippen molar-refractivity contribution < 1.29 is 8.42 Å². The molecule has 108 valence electrons. The molecular formula is C12H14ClN3O2S2. The number of halogens is 1. The maximum Gasteiger partial charge on any atom is 0.240 e. The number of hydrogen-bond donors (Lipinski definition) is 2. The van der Waals surface area contributed by atoms with Gasteiger partial charge in [0.1, 0.15) is 0 Å². The van der Waals surface area contributed by atoms with Gasteiger partial charge in [-0.2, -0.15) is 0 Å². The number of nitrogens with one attached hydrogen (secondary N) is 1. The predicted molar refractivity (Wildman–Crippen MR) is 80.3 cm³/mol. The van der Waals surface area contributed by atoms with Crippen LogP contribution in [0.2, 0.25) is 5.02 Å². The highest BCUT2D eigenvalue weighted by molar-refractivity contribution is 7.89. The van der Waals surface area contributed by atoms with Gasteiger partial charge in [-0.15, -0.1) is 11.3 Å². The quantitative estimate of drug-likeness (QED) is 0.845. The van der Waals surface area contributed by atoms with Crippen LogP contribution in [0.1, 0.15) is 11.3 Å². The van der Waals surface area contributed by atoms with Crippen molar-refractivity contribution >= 4 is 33.0 Å². The second-order valence-electron chi connectivity index (χ2n) is 4.08. The molecule has 0 saturated heterocycles. The van der Waals surface area contributed by atoms with Crippen LogP contribution in [0.5, 0.6) is 0 Å². The Morgan fingerprint density at radius 1 is 1.40 bits per heavy atom. The van der Waals surface area contributed by atoms with Gasteiger partial charge < -0.3 is 5.73 Å². The van der Waals surface area contributed by atoms with Crippen LogP contribution in [-0.4, -0.2) is 19.9 Å². The lowest BCUT2D eigenvalue weighted by Crippen LogP contribution is -2.26. The molecule has 0 atom stereocenters. The Morgan fingerprint density at radius 2 is 2.20 bits per heavy atom. The zero-order valence-electron chi connectivity index (χ0n) is 10.5. The van der Waals surface area contributed by atoms with E-state index < -0.39 is 10.0 Å². The fourth-order valence-electron chi connectivity index (χ4n) is 1.63. The van der Waals surface area contributed by atoms with E-state index in [2.05, 4.69) is 9.71 Å². The third kappa shape index (κ3) is 3.77. The van der Waals surface area contributed by atoms with Crippen molar-refractivity contribution in [3.8, 4) is 0 Å². The Labute approximate surface area is 126 Å². The first-order chi connectivity index (χ1) is 9.53. The Hall–Kier alpha value is -0.990. The monoisotopic (exact) mass is 331 g/mol. The number of thiazole rings is 1. The first-order valence-corrected chi connectivity index (χ1v) is 8.68. The molecule has 0 aliphatic heterocycles. The number of benzene rings is 1. The third-order valence-electron chi connectivity index (χ3n) is 2.70.